The second-order valence-electron chi connectivity index (χ2n) is 4.32. The van der Waals surface area contributed by atoms with E-state index < -0.39 is 11.6 Å². The van der Waals surface area contributed by atoms with Gasteiger partial charge in [0.2, 0.25) is 0 Å². The number of rotatable bonds is 5. The van der Waals surface area contributed by atoms with Crippen LogP contribution in [0.3, 0.4) is 0 Å². The summed E-state index contributed by atoms with van der Waals surface area (Å²) in [6, 6.07) is 7.20. The number of nitrogens with zero attached hydrogens (tertiary/aromatic N) is 2. The minimum atomic E-state index is -0.726. The van der Waals surface area contributed by atoms with Gasteiger partial charge in [0.1, 0.15) is 5.82 Å². The van der Waals surface area contributed by atoms with Crippen LogP contribution in [0.25, 0.3) is 11.1 Å². The summed E-state index contributed by atoms with van der Waals surface area (Å²) in [4.78, 5) is 7.76. The average molecular weight is 320 g/mol. The van der Waals surface area contributed by atoms with E-state index in [1.54, 1.807) is 18.2 Å². The summed E-state index contributed by atoms with van der Waals surface area (Å²) in [5.41, 5.74) is 6.72. The van der Waals surface area contributed by atoms with Gasteiger partial charge < -0.3 is 10.5 Å². The Kier molecular flexibility index (Phi) is 5.24. The quantitative estimate of drug-likeness (QED) is 0.583. The predicted octanol–water partition coefficient (Wildman–Crippen LogP) is 3.56. The van der Waals surface area contributed by atoms with Crippen molar-refractivity contribution in [1.29, 1.82) is 0 Å². The number of hydrogen-bond acceptors (Lipinski definition) is 5. The lowest BCUT2D eigenvalue weighted by Crippen LogP contribution is -1.97. The first-order chi connectivity index (χ1) is 10.6. The minimum Gasteiger partial charge on any atom is -0.330 e. The molecule has 0 aromatic heterocycles. The van der Waals surface area contributed by atoms with E-state index in [2.05, 4.69) is 34.2 Å². The van der Waals surface area contributed by atoms with Crippen molar-refractivity contribution >= 4 is 37.1 Å². The molecule has 2 rings (SSSR count). The summed E-state index contributed by atoms with van der Waals surface area (Å²) in [6.45, 7) is 3.55. The number of nitrogens with one attached hydrogen (secondary N) is 1. The van der Waals surface area contributed by atoms with Gasteiger partial charge in [-0.3, -0.25) is 9.98 Å². The molecule has 114 valence electrons. The van der Waals surface area contributed by atoms with Gasteiger partial charge in [-0.1, -0.05) is 18.9 Å². The fraction of sp³-hybridized carbons (Fsp3) is 0.0667. The smallest absolute Gasteiger partial charge is 0.157 e. The molecule has 2 aromatic carbocycles. The third-order valence-corrected chi connectivity index (χ3v) is 3.27. The van der Waals surface area contributed by atoms with Gasteiger partial charge in [-0.05, 0) is 36.5 Å². The molecule has 0 radical (unpaired) electrons. The fourth-order valence-electron chi connectivity index (χ4n) is 2.01. The molecule has 3 N–H and O–H groups in total. The first-order valence-electron chi connectivity index (χ1n) is 6.31. The maximum atomic E-state index is 14.3. The Balaban J connectivity index is 2.63. The van der Waals surface area contributed by atoms with Gasteiger partial charge in [0.15, 0.2) is 5.82 Å². The van der Waals surface area contributed by atoms with Gasteiger partial charge in [0.25, 0.3) is 0 Å². The van der Waals surface area contributed by atoms with Crippen LogP contribution in [0, 0.1) is 11.6 Å². The van der Waals surface area contributed by atoms with E-state index in [4.69, 9.17) is 5.73 Å². The molecule has 7 heteroatoms. The molecule has 2 aromatic rings. The van der Waals surface area contributed by atoms with Crippen molar-refractivity contribution in [2.75, 3.05) is 11.4 Å². The maximum Gasteiger partial charge on any atom is 0.157 e. The van der Waals surface area contributed by atoms with Gasteiger partial charge in [-0.2, -0.15) is 0 Å². The van der Waals surface area contributed by atoms with Crippen molar-refractivity contribution in [2.24, 2.45) is 15.7 Å². The lowest BCUT2D eigenvalue weighted by atomic mass is 10.0. The normalized spacial score (nSPS) is 10.9. The highest BCUT2D eigenvalue weighted by atomic mass is 32.1. The molecule has 0 aliphatic heterocycles. The minimum absolute atomic E-state index is 0.0860. The molecule has 22 heavy (non-hydrogen) atoms. The molecular weight excluding hydrogens is 306 g/mol. The van der Waals surface area contributed by atoms with Crippen molar-refractivity contribution < 1.29 is 8.78 Å². The zero-order valence-electron chi connectivity index (χ0n) is 11.6. The van der Waals surface area contributed by atoms with E-state index in [0.717, 1.165) is 0 Å². The van der Waals surface area contributed by atoms with Gasteiger partial charge in [-0.25, -0.2) is 8.78 Å². The Hall–Kier alpha value is -2.25. The highest BCUT2D eigenvalue weighted by Gasteiger charge is 2.16. The van der Waals surface area contributed by atoms with E-state index in [0.29, 0.717) is 16.8 Å². The van der Waals surface area contributed by atoms with Crippen molar-refractivity contribution in [3.8, 4) is 11.1 Å². The molecule has 0 atom stereocenters. The van der Waals surface area contributed by atoms with Crippen LogP contribution in [0.15, 0.2) is 40.3 Å². The molecule has 4 nitrogen and oxygen atoms in total. The van der Waals surface area contributed by atoms with Crippen LogP contribution >= 0.6 is 12.8 Å². The SMILES string of the molecule is C=Nc1ccc(-c2c(F)ccc(NS)c2F)cc1/C=N\CN. The standard InChI is InChI=1S/C15H14F2N4S/c1-19-12-4-2-9(6-10(12)7-20-8-18)14-11(16)3-5-13(21-22)15(14)17/h2-7,21-22H,1,8,18H2/b20-7-. The molecule has 0 spiro atoms. The Bertz CT molecular complexity index is 732. The topological polar surface area (TPSA) is 62.8 Å². The third kappa shape index (κ3) is 3.15. The molecule has 0 heterocycles. The predicted molar refractivity (Wildman–Crippen MR) is 90.3 cm³/mol. The Morgan fingerprint density at radius 3 is 2.68 bits per heavy atom. The van der Waals surface area contributed by atoms with E-state index >= 15 is 0 Å². The number of thiol groups is 1. The van der Waals surface area contributed by atoms with Crippen LogP contribution in [-0.2, 0) is 0 Å². The molecule has 0 bridgehead atoms. The molecule has 0 fully saturated rings. The molecule has 0 amide bonds. The van der Waals surface area contributed by atoms with E-state index in [9.17, 15) is 8.78 Å². The van der Waals surface area contributed by atoms with E-state index in [-0.39, 0.29) is 17.9 Å². The number of aliphatic imine (C=N–C) groups is 2. The third-order valence-electron chi connectivity index (χ3n) is 3.03. The summed E-state index contributed by atoms with van der Waals surface area (Å²) < 4.78 is 30.8. The number of hydrogen-bond donors (Lipinski definition) is 3. The summed E-state index contributed by atoms with van der Waals surface area (Å²) in [7, 11) is 0. The van der Waals surface area contributed by atoms with Crippen LogP contribution in [0.2, 0.25) is 0 Å². The van der Waals surface area contributed by atoms with Crippen molar-refractivity contribution in [3.05, 3.63) is 47.5 Å². The first kappa shape index (κ1) is 16.1. The Labute approximate surface area is 132 Å². The van der Waals surface area contributed by atoms with Crippen molar-refractivity contribution in [2.45, 2.75) is 0 Å². The largest absolute Gasteiger partial charge is 0.330 e. The summed E-state index contributed by atoms with van der Waals surface area (Å²) in [5, 5.41) is 0. The summed E-state index contributed by atoms with van der Waals surface area (Å²) in [6.07, 6.45) is 1.49. The number of nitrogens with two attached hydrogens (primary N) is 1. The molecule has 0 aliphatic rings. The zero-order chi connectivity index (χ0) is 16.1. The number of halogens is 2. The lowest BCUT2D eigenvalue weighted by molar-refractivity contribution is 0.592. The second-order valence-corrected chi connectivity index (χ2v) is 4.55. The average Bonchev–Trinajstić information content (AvgIpc) is 2.53. The highest BCUT2D eigenvalue weighted by Crippen LogP contribution is 2.33. The van der Waals surface area contributed by atoms with E-state index in [1.165, 1.54) is 18.3 Å². The summed E-state index contributed by atoms with van der Waals surface area (Å²) >= 11 is 3.80. The Morgan fingerprint density at radius 2 is 2.05 bits per heavy atom. The van der Waals surface area contributed by atoms with Crippen LogP contribution in [0.5, 0.6) is 0 Å². The van der Waals surface area contributed by atoms with Gasteiger partial charge >= 0.3 is 0 Å². The second kappa shape index (κ2) is 7.15. The van der Waals surface area contributed by atoms with Crippen molar-refractivity contribution in [3.63, 3.8) is 0 Å². The van der Waals surface area contributed by atoms with Crippen molar-refractivity contribution in [1.82, 2.24) is 0 Å². The molecule has 0 saturated heterocycles. The fourth-order valence-corrected chi connectivity index (χ4v) is 2.18. The van der Waals surface area contributed by atoms with Gasteiger partial charge in [0, 0.05) is 11.8 Å². The van der Waals surface area contributed by atoms with Crippen LogP contribution in [0.4, 0.5) is 20.2 Å². The lowest BCUT2D eigenvalue weighted by Gasteiger charge is -2.10. The molecular formula is C15H14F2N4S. The number of anilines is 1. The van der Waals surface area contributed by atoms with Crippen LogP contribution in [0.1, 0.15) is 5.56 Å². The molecule has 0 aliphatic carbocycles. The first-order valence-corrected chi connectivity index (χ1v) is 6.76. The zero-order valence-corrected chi connectivity index (χ0v) is 12.4. The maximum absolute atomic E-state index is 14.3. The number of benzene rings is 2. The molecule has 0 unspecified atom stereocenters. The van der Waals surface area contributed by atoms with Crippen LogP contribution in [-0.4, -0.2) is 19.6 Å². The molecule has 0 saturated carbocycles. The van der Waals surface area contributed by atoms with Gasteiger partial charge in [0.05, 0.1) is 23.6 Å². The van der Waals surface area contributed by atoms with Crippen LogP contribution < -0.4 is 10.5 Å². The highest BCUT2D eigenvalue weighted by molar-refractivity contribution is 7.81. The Morgan fingerprint density at radius 1 is 1.27 bits per heavy atom. The van der Waals surface area contributed by atoms with Gasteiger partial charge in [-0.15, -0.1) is 0 Å². The van der Waals surface area contributed by atoms with E-state index in [1.807, 2.05) is 0 Å². The summed E-state index contributed by atoms with van der Waals surface area (Å²) in [5.74, 6) is -1.40. The monoisotopic (exact) mass is 320 g/mol.